The molecule has 2 rings (SSSR count). The zero-order valence-electron chi connectivity index (χ0n) is 11.8. The van der Waals surface area contributed by atoms with Crippen LogP contribution in [-0.2, 0) is 16.1 Å². The second kappa shape index (κ2) is 6.03. The van der Waals surface area contributed by atoms with Crippen molar-refractivity contribution in [1.29, 1.82) is 0 Å². The van der Waals surface area contributed by atoms with Gasteiger partial charge in [0, 0.05) is 5.69 Å². The number of aryl methyl sites for hydroxylation is 1. The third kappa shape index (κ3) is 3.15. The van der Waals surface area contributed by atoms with Gasteiger partial charge < -0.3 is 9.30 Å². The molecule has 0 spiro atoms. The molecule has 20 heavy (non-hydrogen) atoms. The molecule has 5 nitrogen and oxygen atoms in total. The van der Waals surface area contributed by atoms with Crippen molar-refractivity contribution in [2.75, 3.05) is 0 Å². The van der Waals surface area contributed by atoms with E-state index in [2.05, 4.69) is 0 Å². The third-order valence-corrected chi connectivity index (χ3v) is 3.66. The second-order valence-corrected chi connectivity index (χ2v) is 5.23. The molecule has 108 valence electrons. The number of carbonyl (C=O) groups excluding carboxylic acids is 2. The first-order valence-electron chi connectivity index (χ1n) is 6.90. The Bertz CT molecular complexity index is 582. The van der Waals surface area contributed by atoms with Gasteiger partial charge in [0.25, 0.3) is 5.56 Å². The quantitative estimate of drug-likeness (QED) is 0.622. The molecule has 0 N–H and O–H groups in total. The van der Waals surface area contributed by atoms with Gasteiger partial charge in [0.05, 0.1) is 5.56 Å². The number of carbonyl (C=O) groups is 2. The maximum atomic E-state index is 12.1. The van der Waals surface area contributed by atoms with Crippen molar-refractivity contribution in [3.63, 3.8) is 0 Å². The molecule has 1 aromatic heterocycles. The minimum absolute atomic E-state index is 0.0190. The van der Waals surface area contributed by atoms with Gasteiger partial charge in [-0.3, -0.25) is 14.4 Å². The van der Waals surface area contributed by atoms with Gasteiger partial charge in [-0.1, -0.05) is 0 Å². The van der Waals surface area contributed by atoms with Gasteiger partial charge in [-0.15, -0.1) is 0 Å². The summed E-state index contributed by atoms with van der Waals surface area (Å²) in [5, 5.41) is 0. The number of aromatic nitrogens is 1. The van der Waals surface area contributed by atoms with Crippen molar-refractivity contribution < 1.29 is 14.3 Å². The Morgan fingerprint density at radius 2 is 1.95 bits per heavy atom. The van der Waals surface area contributed by atoms with Crippen molar-refractivity contribution in [1.82, 2.24) is 4.57 Å². The number of pyridine rings is 1. The molecule has 1 saturated carbocycles. The summed E-state index contributed by atoms with van der Waals surface area (Å²) in [6.07, 6.45) is 3.93. The monoisotopic (exact) mass is 277 g/mol. The predicted molar refractivity (Wildman–Crippen MR) is 73.8 cm³/mol. The first-order chi connectivity index (χ1) is 9.49. The molecular formula is C15H19NO4. The minimum Gasteiger partial charge on any atom is -0.461 e. The Morgan fingerprint density at radius 3 is 2.55 bits per heavy atom. The first-order valence-corrected chi connectivity index (χ1v) is 6.90. The Morgan fingerprint density at radius 1 is 1.30 bits per heavy atom. The van der Waals surface area contributed by atoms with Crippen molar-refractivity contribution in [3.8, 4) is 0 Å². The van der Waals surface area contributed by atoms with Crippen LogP contribution in [0.4, 0.5) is 0 Å². The molecule has 1 aliphatic rings. The lowest BCUT2D eigenvalue weighted by atomic mass is 10.2. The molecule has 5 heteroatoms. The van der Waals surface area contributed by atoms with Gasteiger partial charge in [-0.2, -0.15) is 0 Å². The number of nitrogens with zero attached hydrogens (tertiary/aromatic N) is 1. The molecule has 1 aromatic rings. The lowest BCUT2D eigenvalue weighted by Gasteiger charge is -2.14. The van der Waals surface area contributed by atoms with Crippen LogP contribution in [0, 0.1) is 6.92 Å². The normalized spacial score (nSPS) is 15.3. The van der Waals surface area contributed by atoms with Gasteiger partial charge >= 0.3 is 5.97 Å². The van der Waals surface area contributed by atoms with Gasteiger partial charge in [0.1, 0.15) is 12.6 Å². The molecule has 0 amide bonds. The van der Waals surface area contributed by atoms with E-state index in [4.69, 9.17) is 4.74 Å². The number of ether oxygens (including phenoxy) is 1. The molecule has 1 heterocycles. The molecule has 0 radical (unpaired) electrons. The summed E-state index contributed by atoms with van der Waals surface area (Å²) in [5.74, 6) is -0.712. The average molecular weight is 277 g/mol. The maximum absolute atomic E-state index is 12.1. The highest BCUT2D eigenvalue weighted by Crippen LogP contribution is 2.21. The largest absolute Gasteiger partial charge is 0.461 e. The fraction of sp³-hybridized carbons (Fsp3) is 0.533. The molecule has 0 unspecified atom stereocenters. The molecule has 0 bridgehead atoms. The van der Waals surface area contributed by atoms with Crippen LogP contribution in [0.25, 0.3) is 0 Å². The number of esters is 1. The lowest BCUT2D eigenvalue weighted by molar-refractivity contribution is -0.149. The molecule has 0 aromatic carbocycles. The zero-order valence-corrected chi connectivity index (χ0v) is 11.8. The summed E-state index contributed by atoms with van der Waals surface area (Å²) >= 11 is 0. The van der Waals surface area contributed by atoms with Crippen LogP contribution in [0.5, 0.6) is 0 Å². The molecular weight excluding hydrogens is 258 g/mol. The van der Waals surface area contributed by atoms with Crippen molar-refractivity contribution in [3.05, 3.63) is 33.7 Å². The standard InChI is InChI=1S/C15H19NO4/c1-10-7-8-13(11(2)17)15(19)16(10)9-14(18)20-12-5-3-4-6-12/h7-8,12H,3-6,9H2,1-2H3. The number of Topliss-reactive ketones (excluding diaryl/α,β-unsaturated/α-hetero) is 1. The van der Waals surface area contributed by atoms with Crippen LogP contribution in [-0.4, -0.2) is 22.4 Å². The lowest BCUT2D eigenvalue weighted by Crippen LogP contribution is -2.31. The van der Waals surface area contributed by atoms with Gasteiger partial charge in [0.15, 0.2) is 5.78 Å². The Kier molecular flexibility index (Phi) is 4.37. The number of ketones is 1. The number of hydrogen-bond acceptors (Lipinski definition) is 4. The molecule has 1 fully saturated rings. The van der Waals surface area contributed by atoms with E-state index in [0.717, 1.165) is 25.7 Å². The zero-order chi connectivity index (χ0) is 14.7. The number of hydrogen-bond donors (Lipinski definition) is 0. The summed E-state index contributed by atoms with van der Waals surface area (Å²) in [5.41, 5.74) is 0.313. The highest BCUT2D eigenvalue weighted by molar-refractivity contribution is 5.93. The topological polar surface area (TPSA) is 65.4 Å². The molecule has 0 aliphatic heterocycles. The predicted octanol–water partition coefficient (Wildman–Crippen LogP) is 1.85. The maximum Gasteiger partial charge on any atom is 0.326 e. The van der Waals surface area contributed by atoms with Crippen LogP contribution < -0.4 is 5.56 Å². The Labute approximate surface area is 117 Å². The average Bonchev–Trinajstić information content (AvgIpc) is 2.86. The van der Waals surface area contributed by atoms with Crippen LogP contribution in [0.15, 0.2) is 16.9 Å². The van der Waals surface area contributed by atoms with E-state index in [-0.39, 0.29) is 24.0 Å². The third-order valence-electron chi connectivity index (χ3n) is 3.66. The van der Waals surface area contributed by atoms with Crippen molar-refractivity contribution >= 4 is 11.8 Å². The van der Waals surface area contributed by atoms with E-state index in [1.165, 1.54) is 17.6 Å². The van der Waals surface area contributed by atoms with E-state index in [0.29, 0.717) is 5.69 Å². The van der Waals surface area contributed by atoms with Gasteiger partial charge in [0.2, 0.25) is 0 Å². The fourth-order valence-corrected chi connectivity index (χ4v) is 2.49. The molecule has 1 aliphatic carbocycles. The minimum atomic E-state index is -0.430. The van der Waals surface area contributed by atoms with Crippen LogP contribution in [0.1, 0.15) is 48.7 Å². The molecule has 0 atom stereocenters. The van der Waals surface area contributed by atoms with E-state index in [1.54, 1.807) is 13.0 Å². The van der Waals surface area contributed by atoms with Gasteiger partial charge in [-0.25, -0.2) is 0 Å². The summed E-state index contributed by atoms with van der Waals surface area (Å²) in [4.78, 5) is 35.4. The van der Waals surface area contributed by atoms with E-state index in [9.17, 15) is 14.4 Å². The number of rotatable bonds is 4. The van der Waals surface area contributed by atoms with Crippen molar-refractivity contribution in [2.24, 2.45) is 0 Å². The summed E-state index contributed by atoms with van der Waals surface area (Å²) in [6.45, 7) is 2.93. The fourth-order valence-electron chi connectivity index (χ4n) is 2.49. The summed E-state index contributed by atoms with van der Waals surface area (Å²) < 4.78 is 6.64. The summed E-state index contributed by atoms with van der Waals surface area (Å²) in [6, 6.07) is 3.17. The first kappa shape index (κ1) is 14.5. The Hall–Kier alpha value is -1.91. The second-order valence-electron chi connectivity index (χ2n) is 5.23. The smallest absolute Gasteiger partial charge is 0.326 e. The molecule has 0 saturated heterocycles. The van der Waals surface area contributed by atoms with Crippen molar-refractivity contribution in [2.45, 2.75) is 52.2 Å². The highest BCUT2D eigenvalue weighted by Gasteiger charge is 2.20. The van der Waals surface area contributed by atoms with Crippen LogP contribution >= 0.6 is 0 Å². The van der Waals surface area contributed by atoms with Crippen LogP contribution in [0.2, 0.25) is 0 Å². The van der Waals surface area contributed by atoms with E-state index >= 15 is 0 Å². The Balaban J connectivity index is 2.15. The highest BCUT2D eigenvalue weighted by atomic mass is 16.5. The van der Waals surface area contributed by atoms with Crippen LogP contribution in [0.3, 0.4) is 0 Å². The van der Waals surface area contributed by atoms with E-state index < -0.39 is 11.5 Å². The van der Waals surface area contributed by atoms with E-state index in [1.807, 2.05) is 0 Å². The summed E-state index contributed by atoms with van der Waals surface area (Å²) in [7, 11) is 0. The van der Waals surface area contributed by atoms with Gasteiger partial charge in [-0.05, 0) is 51.7 Å². The SMILES string of the molecule is CC(=O)c1ccc(C)n(CC(=O)OC2CCCC2)c1=O.